The van der Waals surface area contributed by atoms with Crippen molar-refractivity contribution in [3.63, 3.8) is 0 Å². The number of carboxylic acid groups (broad SMARTS) is 1. The van der Waals surface area contributed by atoms with Crippen LogP contribution in [0.4, 0.5) is 10.5 Å². The van der Waals surface area contributed by atoms with E-state index >= 15 is 0 Å². The van der Waals surface area contributed by atoms with E-state index in [1.54, 1.807) is 66.1 Å². The molecule has 1 N–H and O–H groups in total. The van der Waals surface area contributed by atoms with Gasteiger partial charge in [-0.1, -0.05) is 30.3 Å². The number of rotatable bonds is 4. The van der Waals surface area contributed by atoms with E-state index in [1.807, 2.05) is 6.92 Å². The van der Waals surface area contributed by atoms with E-state index in [1.165, 1.54) is 19.2 Å². The van der Waals surface area contributed by atoms with Gasteiger partial charge in [-0.3, -0.25) is 14.5 Å². The molecule has 0 bridgehead atoms. The Morgan fingerprint density at radius 3 is 2.21 bits per heavy atom. The number of aromatic carboxylic acids is 1. The number of anilines is 1. The van der Waals surface area contributed by atoms with Gasteiger partial charge in [0.2, 0.25) is 0 Å². The molecule has 0 unspecified atom stereocenters. The van der Waals surface area contributed by atoms with Gasteiger partial charge in [0.15, 0.2) is 0 Å². The molecule has 8 nitrogen and oxygen atoms in total. The average molecular weight is 443 g/mol. The van der Waals surface area contributed by atoms with E-state index < -0.39 is 23.8 Å². The number of benzene rings is 2. The predicted octanol–water partition coefficient (Wildman–Crippen LogP) is 3.80. The van der Waals surface area contributed by atoms with Gasteiger partial charge in [-0.15, -0.1) is 0 Å². The molecular formula is C25H21N3O5. The van der Waals surface area contributed by atoms with Crippen LogP contribution in [0.5, 0.6) is 0 Å². The third kappa shape index (κ3) is 3.61. The Hall–Kier alpha value is -4.46. The summed E-state index contributed by atoms with van der Waals surface area (Å²) in [5.74, 6) is -2.48. The number of urea groups is 1. The summed E-state index contributed by atoms with van der Waals surface area (Å²) < 4.78 is 1.76. The Kier molecular flexibility index (Phi) is 5.43. The quantitative estimate of drug-likeness (QED) is 0.488. The molecule has 0 spiro atoms. The second kappa shape index (κ2) is 8.23. The second-order valence-corrected chi connectivity index (χ2v) is 7.67. The van der Waals surface area contributed by atoms with Crippen LogP contribution in [0.2, 0.25) is 0 Å². The highest BCUT2D eigenvalue weighted by Crippen LogP contribution is 2.28. The molecule has 1 fully saturated rings. The van der Waals surface area contributed by atoms with E-state index in [0.717, 1.165) is 15.5 Å². The maximum Gasteiger partial charge on any atom is 0.338 e. The van der Waals surface area contributed by atoms with Gasteiger partial charge >= 0.3 is 12.0 Å². The van der Waals surface area contributed by atoms with Crippen LogP contribution in [0.15, 0.2) is 66.2 Å². The summed E-state index contributed by atoms with van der Waals surface area (Å²) in [5, 5.41) is 9.58. The molecule has 2 aromatic carbocycles. The fourth-order valence-corrected chi connectivity index (χ4v) is 3.95. The summed E-state index contributed by atoms with van der Waals surface area (Å²) >= 11 is 0. The molecule has 1 aliphatic heterocycles. The standard InChI is InChI=1S/C25H21N3O5/c1-15-13-17(16(2)27(15)21-12-8-7-11-19(21)24(31)32)14-20-22(29)26(3)25(33)28(23(20)30)18-9-5-4-6-10-18/h4-14H,1-3H3,(H,31,32)/b20-14+. The van der Waals surface area contributed by atoms with Crippen LogP contribution in [0, 0.1) is 13.8 Å². The van der Waals surface area contributed by atoms with Gasteiger partial charge in [0, 0.05) is 18.4 Å². The van der Waals surface area contributed by atoms with Crippen molar-refractivity contribution < 1.29 is 24.3 Å². The number of para-hydroxylation sites is 2. The topological polar surface area (TPSA) is 99.9 Å². The number of carbonyl (C=O) groups excluding carboxylic acids is 3. The molecule has 4 amide bonds. The Bertz CT molecular complexity index is 1340. The molecule has 0 atom stereocenters. The number of imide groups is 2. The Morgan fingerprint density at radius 1 is 0.909 bits per heavy atom. The zero-order chi connectivity index (χ0) is 23.9. The smallest absolute Gasteiger partial charge is 0.338 e. The minimum Gasteiger partial charge on any atom is -0.478 e. The van der Waals surface area contributed by atoms with Crippen molar-refractivity contribution in [1.29, 1.82) is 0 Å². The molecule has 4 rings (SSSR count). The first-order valence-corrected chi connectivity index (χ1v) is 10.2. The molecule has 33 heavy (non-hydrogen) atoms. The number of nitrogens with zero attached hydrogens (tertiary/aromatic N) is 3. The van der Waals surface area contributed by atoms with Crippen LogP contribution >= 0.6 is 0 Å². The fourth-order valence-electron chi connectivity index (χ4n) is 3.95. The number of aromatic nitrogens is 1. The summed E-state index contributed by atoms with van der Waals surface area (Å²) in [5.41, 5.74) is 2.76. The lowest BCUT2D eigenvalue weighted by Gasteiger charge is -2.31. The maximum absolute atomic E-state index is 13.2. The van der Waals surface area contributed by atoms with Gasteiger partial charge in [-0.2, -0.15) is 0 Å². The third-order valence-electron chi connectivity index (χ3n) is 5.61. The van der Waals surface area contributed by atoms with E-state index in [2.05, 4.69) is 0 Å². The minimum atomic E-state index is -1.06. The summed E-state index contributed by atoms with van der Waals surface area (Å²) in [4.78, 5) is 52.3. The Labute approximate surface area is 190 Å². The van der Waals surface area contributed by atoms with Crippen molar-refractivity contribution in [3.05, 3.63) is 88.8 Å². The van der Waals surface area contributed by atoms with Crippen LogP contribution in [0.3, 0.4) is 0 Å². The van der Waals surface area contributed by atoms with Crippen molar-refractivity contribution in [3.8, 4) is 5.69 Å². The number of hydrogen-bond acceptors (Lipinski definition) is 4. The minimum absolute atomic E-state index is 0.129. The highest BCUT2D eigenvalue weighted by molar-refractivity contribution is 6.39. The zero-order valence-electron chi connectivity index (χ0n) is 18.3. The number of hydrogen-bond donors (Lipinski definition) is 1. The molecule has 0 aliphatic carbocycles. The molecule has 0 saturated carbocycles. The number of carbonyl (C=O) groups is 4. The van der Waals surface area contributed by atoms with Crippen LogP contribution in [0.25, 0.3) is 11.8 Å². The molecule has 1 aliphatic rings. The van der Waals surface area contributed by atoms with E-state index in [-0.39, 0.29) is 11.1 Å². The van der Waals surface area contributed by atoms with Crippen molar-refractivity contribution in [2.24, 2.45) is 0 Å². The van der Waals surface area contributed by atoms with E-state index in [0.29, 0.717) is 22.6 Å². The first-order valence-electron chi connectivity index (χ1n) is 10.2. The second-order valence-electron chi connectivity index (χ2n) is 7.67. The molecular weight excluding hydrogens is 422 g/mol. The lowest BCUT2D eigenvalue weighted by Crippen LogP contribution is -2.55. The summed E-state index contributed by atoms with van der Waals surface area (Å²) in [6.07, 6.45) is 1.45. The Morgan fingerprint density at radius 2 is 1.55 bits per heavy atom. The van der Waals surface area contributed by atoms with Gasteiger partial charge in [0.25, 0.3) is 11.8 Å². The van der Waals surface area contributed by atoms with Gasteiger partial charge in [-0.25, -0.2) is 14.5 Å². The normalized spacial score (nSPS) is 15.5. The molecule has 3 aromatic rings. The van der Waals surface area contributed by atoms with Gasteiger partial charge in [0.1, 0.15) is 5.57 Å². The number of likely N-dealkylation sites (N-methyl/N-ethyl adjacent to an activating group) is 1. The van der Waals surface area contributed by atoms with Crippen LogP contribution in [-0.4, -0.2) is 45.4 Å². The van der Waals surface area contributed by atoms with Gasteiger partial charge in [-0.05, 0) is 55.8 Å². The SMILES string of the molecule is Cc1cc(/C=C2\C(=O)N(C)C(=O)N(c3ccccc3)C2=O)c(C)n1-c1ccccc1C(=O)O. The summed E-state index contributed by atoms with van der Waals surface area (Å²) in [6.45, 7) is 3.59. The molecule has 1 aromatic heterocycles. The zero-order valence-corrected chi connectivity index (χ0v) is 18.3. The first-order chi connectivity index (χ1) is 15.7. The predicted molar refractivity (Wildman–Crippen MR) is 122 cm³/mol. The van der Waals surface area contributed by atoms with Crippen LogP contribution < -0.4 is 4.90 Å². The first kappa shape index (κ1) is 21.8. The van der Waals surface area contributed by atoms with Gasteiger partial charge < -0.3 is 9.67 Å². The van der Waals surface area contributed by atoms with E-state index in [4.69, 9.17) is 0 Å². The van der Waals surface area contributed by atoms with Crippen molar-refractivity contribution in [2.45, 2.75) is 13.8 Å². The number of carboxylic acids is 1. The maximum atomic E-state index is 13.2. The number of aryl methyl sites for hydroxylation is 1. The Balaban J connectivity index is 1.83. The lowest BCUT2D eigenvalue weighted by atomic mass is 10.1. The van der Waals surface area contributed by atoms with E-state index in [9.17, 15) is 24.3 Å². The summed E-state index contributed by atoms with van der Waals surface area (Å²) in [6, 6.07) is 16.0. The van der Waals surface area contributed by atoms with Crippen LogP contribution in [-0.2, 0) is 9.59 Å². The lowest BCUT2D eigenvalue weighted by molar-refractivity contribution is -0.128. The summed E-state index contributed by atoms with van der Waals surface area (Å²) in [7, 11) is 1.33. The number of barbiturate groups is 1. The molecule has 0 radical (unpaired) electrons. The van der Waals surface area contributed by atoms with Crippen molar-refractivity contribution in [1.82, 2.24) is 9.47 Å². The highest BCUT2D eigenvalue weighted by Gasteiger charge is 2.41. The average Bonchev–Trinajstić information content (AvgIpc) is 3.08. The number of amides is 4. The van der Waals surface area contributed by atoms with Crippen LogP contribution in [0.1, 0.15) is 27.3 Å². The fraction of sp³-hybridized carbons (Fsp3) is 0.120. The van der Waals surface area contributed by atoms with Crippen molar-refractivity contribution >= 4 is 35.6 Å². The third-order valence-corrected chi connectivity index (χ3v) is 5.61. The monoisotopic (exact) mass is 443 g/mol. The molecule has 2 heterocycles. The molecule has 8 heteroatoms. The molecule has 1 saturated heterocycles. The largest absolute Gasteiger partial charge is 0.478 e. The van der Waals surface area contributed by atoms with Crippen molar-refractivity contribution in [2.75, 3.05) is 11.9 Å². The van der Waals surface area contributed by atoms with Gasteiger partial charge in [0.05, 0.1) is 16.9 Å². The molecule has 166 valence electrons. The highest BCUT2D eigenvalue weighted by atomic mass is 16.4.